The Morgan fingerprint density at radius 3 is 2.46 bits per heavy atom. The molecular formula is C31H22N6OS. The molecule has 188 valence electrons. The zero-order chi connectivity index (χ0) is 26.3. The number of carbonyl (C=O) groups excluding carboxylic acids is 1. The van der Waals surface area contributed by atoms with Crippen LogP contribution >= 0.6 is 11.8 Å². The van der Waals surface area contributed by atoms with Gasteiger partial charge in [0.2, 0.25) is 0 Å². The first-order valence-corrected chi connectivity index (χ1v) is 13.3. The number of nitrogens with two attached hydrogens (primary N) is 1. The molecule has 4 N–H and O–H groups in total. The molecule has 0 fully saturated rings. The molecule has 0 radical (unpaired) electrons. The summed E-state index contributed by atoms with van der Waals surface area (Å²) < 4.78 is 0. The maximum Gasteiger partial charge on any atom is 0.252 e. The molecule has 3 aromatic heterocycles. The summed E-state index contributed by atoms with van der Waals surface area (Å²) in [6.45, 7) is 0. The summed E-state index contributed by atoms with van der Waals surface area (Å²) in [5.74, 6) is -0.146. The van der Waals surface area contributed by atoms with E-state index in [-0.39, 0.29) is 11.9 Å². The van der Waals surface area contributed by atoms with E-state index in [2.05, 4.69) is 49.5 Å². The molecule has 6 aromatic rings. The summed E-state index contributed by atoms with van der Waals surface area (Å²) in [6, 6.07) is 25.4. The van der Waals surface area contributed by atoms with Crippen molar-refractivity contribution in [3.05, 3.63) is 120 Å². The predicted molar refractivity (Wildman–Crippen MR) is 153 cm³/mol. The van der Waals surface area contributed by atoms with Crippen molar-refractivity contribution in [3.63, 3.8) is 0 Å². The van der Waals surface area contributed by atoms with Gasteiger partial charge >= 0.3 is 0 Å². The highest BCUT2D eigenvalue weighted by Crippen LogP contribution is 2.48. The minimum absolute atomic E-state index is 0.146. The third-order valence-corrected chi connectivity index (χ3v) is 7.86. The molecule has 1 aliphatic rings. The fourth-order valence-corrected chi connectivity index (χ4v) is 5.86. The highest BCUT2D eigenvalue weighted by Gasteiger charge is 2.32. The lowest BCUT2D eigenvalue weighted by molar-refractivity contribution is 0.0945. The molecule has 0 aliphatic heterocycles. The summed E-state index contributed by atoms with van der Waals surface area (Å²) in [4.78, 5) is 31.2. The lowest BCUT2D eigenvalue weighted by atomic mass is 9.95. The Kier molecular flexibility index (Phi) is 5.60. The number of pyridine rings is 1. The van der Waals surface area contributed by atoms with Crippen LogP contribution in [0.1, 0.15) is 27.5 Å². The number of rotatable bonds is 5. The quantitative estimate of drug-likeness (QED) is 0.181. The number of hydrogen-bond donors (Lipinski definition) is 3. The van der Waals surface area contributed by atoms with E-state index in [1.54, 1.807) is 18.5 Å². The summed E-state index contributed by atoms with van der Waals surface area (Å²) in [7, 11) is 0. The van der Waals surface area contributed by atoms with Crippen LogP contribution < -0.4 is 11.1 Å². The molecular weight excluding hydrogens is 504 g/mol. The number of benzene rings is 3. The highest BCUT2D eigenvalue weighted by molar-refractivity contribution is 7.99. The minimum Gasteiger partial charge on any atom is -0.399 e. The van der Waals surface area contributed by atoms with Crippen molar-refractivity contribution in [2.24, 2.45) is 0 Å². The first kappa shape index (κ1) is 23.2. The van der Waals surface area contributed by atoms with Gasteiger partial charge in [-0.05, 0) is 76.0 Å². The summed E-state index contributed by atoms with van der Waals surface area (Å²) in [5, 5.41) is 4.74. The number of nitrogens with zero attached hydrogens (tertiary/aromatic N) is 3. The van der Waals surface area contributed by atoms with Crippen LogP contribution in [-0.4, -0.2) is 25.8 Å². The second kappa shape index (κ2) is 9.41. The van der Waals surface area contributed by atoms with Crippen LogP contribution in [0, 0.1) is 0 Å². The number of nitrogen functional groups attached to an aromatic ring is 1. The van der Waals surface area contributed by atoms with E-state index in [1.165, 1.54) is 11.8 Å². The number of anilines is 1. The predicted octanol–water partition coefficient (Wildman–Crippen LogP) is 6.25. The van der Waals surface area contributed by atoms with Crippen LogP contribution in [0.4, 0.5) is 5.69 Å². The number of hydrogen-bond acceptors (Lipinski definition) is 6. The topological polar surface area (TPSA) is 110 Å². The Morgan fingerprint density at radius 1 is 0.846 bits per heavy atom. The van der Waals surface area contributed by atoms with Gasteiger partial charge in [-0.15, -0.1) is 0 Å². The van der Waals surface area contributed by atoms with Crippen molar-refractivity contribution in [1.29, 1.82) is 0 Å². The Balaban J connectivity index is 1.24. The van der Waals surface area contributed by atoms with Crippen molar-refractivity contribution in [2.45, 2.75) is 16.1 Å². The van der Waals surface area contributed by atoms with Gasteiger partial charge in [-0.25, -0.2) is 15.0 Å². The number of H-pyrrole nitrogens is 1. The Bertz CT molecular complexity index is 1850. The molecule has 7 nitrogen and oxygen atoms in total. The number of fused-ring (bicyclic) bond motifs is 4. The first-order valence-electron chi connectivity index (χ1n) is 12.5. The first-order chi connectivity index (χ1) is 19.2. The second-order valence-electron chi connectivity index (χ2n) is 9.29. The van der Waals surface area contributed by atoms with Crippen LogP contribution in [0.25, 0.3) is 33.3 Å². The van der Waals surface area contributed by atoms with Crippen LogP contribution in [-0.2, 0) is 0 Å². The maximum absolute atomic E-state index is 13.5. The SMILES string of the molecule is Nc1ccc(Sc2ncc(-c3cccc4c3-c3ccccc3C4NC(=O)c3ccnc4[nH]ccc34)cn2)cc1. The number of nitrogens with one attached hydrogen (secondary N) is 2. The molecule has 39 heavy (non-hydrogen) atoms. The number of carbonyl (C=O) groups is 1. The zero-order valence-corrected chi connectivity index (χ0v) is 21.4. The average Bonchev–Trinajstić information content (AvgIpc) is 3.58. The van der Waals surface area contributed by atoms with Crippen molar-refractivity contribution >= 4 is 34.4 Å². The van der Waals surface area contributed by atoms with Crippen molar-refractivity contribution in [2.75, 3.05) is 5.73 Å². The van der Waals surface area contributed by atoms with Gasteiger partial charge in [-0.2, -0.15) is 0 Å². The molecule has 8 heteroatoms. The number of aromatic nitrogens is 4. The fourth-order valence-electron chi connectivity index (χ4n) is 5.17. The highest BCUT2D eigenvalue weighted by atomic mass is 32.2. The largest absolute Gasteiger partial charge is 0.399 e. The average molecular weight is 527 g/mol. The molecule has 0 saturated heterocycles. The van der Waals surface area contributed by atoms with E-state index in [0.29, 0.717) is 16.4 Å². The maximum atomic E-state index is 13.5. The second-order valence-corrected chi connectivity index (χ2v) is 10.3. The van der Waals surface area contributed by atoms with Gasteiger partial charge < -0.3 is 16.0 Å². The van der Waals surface area contributed by atoms with Crippen molar-refractivity contribution in [3.8, 4) is 22.3 Å². The molecule has 1 unspecified atom stereocenters. The van der Waals surface area contributed by atoms with Crippen LogP contribution in [0.2, 0.25) is 0 Å². The number of amides is 1. The molecule has 0 spiro atoms. The molecule has 0 bridgehead atoms. The minimum atomic E-state index is -0.285. The van der Waals surface area contributed by atoms with E-state index in [0.717, 1.165) is 49.3 Å². The lowest BCUT2D eigenvalue weighted by Gasteiger charge is -2.17. The zero-order valence-electron chi connectivity index (χ0n) is 20.6. The monoisotopic (exact) mass is 526 g/mol. The third-order valence-electron chi connectivity index (χ3n) is 6.96. The van der Waals surface area contributed by atoms with Gasteiger partial charge in [-0.3, -0.25) is 4.79 Å². The van der Waals surface area contributed by atoms with E-state index >= 15 is 0 Å². The van der Waals surface area contributed by atoms with Gasteiger partial charge in [0.15, 0.2) is 5.16 Å². The van der Waals surface area contributed by atoms with Crippen molar-refractivity contribution < 1.29 is 4.79 Å². The van der Waals surface area contributed by atoms with E-state index in [9.17, 15) is 4.79 Å². The molecule has 7 rings (SSSR count). The fraction of sp³-hybridized carbons (Fsp3) is 0.0323. The summed E-state index contributed by atoms with van der Waals surface area (Å²) >= 11 is 1.49. The number of aromatic amines is 1. The van der Waals surface area contributed by atoms with Crippen LogP contribution in [0.5, 0.6) is 0 Å². The summed E-state index contributed by atoms with van der Waals surface area (Å²) in [5.41, 5.74) is 14.0. The van der Waals surface area contributed by atoms with Gasteiger partial charge in [0.25, 0.3) is 5.91 Å². The molecule has 3 aromatic carbocycles. The van der Waals surface area contributed by atoms with Gasteiger partial charge in [-0.1, -0.05) is 42.5 Å². The molecule has 1 atom stereocenters. The Morgan fingerprint density at radius 2 is 1.62 bits per heavy atom. The Hall–Kier alpha value is -4.95. The molecule has 1 amide bonds. The molecule has 1 aliphatic carbocycles. The van der Waals surface area contributed by atoms with E-state index < -0.39 is 0 Å². The van der Waals surface area contributed by atoms with E-state index in [4.69, 9.17) is 5.73 Å². The molecule has 0 saturated carbocycles. The normalized spacial score (nSPS) is 13.7. The van der Waals surface area contributed by atoms with Crippen LogP contribution in [0.15, 0.2) is 114 Å². The van der Waals surface area contributed by atoms with Crippen LogP contribution in [0.3, 0.4) is 0 Å². The van der Waals surface area contributed by atoms with Crippen molar-refractivity contribution in [1.82, 2.24) is 25.3 Å². The lowest BCUT2D eigenvalue weighted by Crippen LogP contribution is -2.28. The summed E-state index contributed by atoms with van der Waals surface area (Å²) in [6.07, 6.45) is 7.16. The Labute approximate surface area is 228 Å². The van der Waals surface area contributed by atoms with Gasteiger partial charge in [0.1, 0.15) is 5.65 Å². The van der Waals surface area contributed by atoms with Gasteiger partial charge in [0, 0.05) is 46.3 Å². The van der Waals surface area contributed by atoms with E-state index in [1.807, 2.05) is 60.9 Å². The third kappa shape index (κ3) is 4.11. The smallest absolute Gasteiger partial charge is 0.252 e. The van der Waals surface area contributed by atoms with Gasteiger partial charge in [0.05, 0.1) is 11.6 Å². The standard InChI is InChI=1S/C31H22N6OS/c32-19-8-10-20(11-9-19)39-31-35-16-18(17-36-31)21-6-3-7-26-27(21)22-4-1-2-5-23(22)28(26)37-30(38)25-13-15-34-29-24(25)12-14-33-29/h1-17,28H,32H2,(H,33,34)(H,37,38). The molecule has 3 heterocycles.